The first kappa shape index (κ1) is 25.2. The van der Waals surface area contributed by atoms with Crippen LogP contribution in [-0.4, -0.2) is 4.57 Å². The van der Waals surface area contributed by atoms with E-state index in [1.54, 1.807) is 0 Å². The van der Waals surface area contributed by atoms with E-state index in [0.717, 1.165) is 16.6 Å². The fraction of sp³-hybridized carbons (Fsp3) is 0. The van der Waals surface area contributed by atoms with Gasteiger partial charge in [0, 0.05) is 27.2 Å². The van der Waals surface area contributed by atoms with E-state index in [1.165, 1.54) is 76.7 Å². The van der Waals surface area contributed by atoms with Crippen LogP contribution in [0.4, 0.5) is 0 Å². The Bertz CT molecular complexity index is 2800. The Morgan fingerprint density at radius 3 is 1.76 bits per heavy atom. The van der Waals surface area contributed by atoms with E-state index in [1.807, 2.05) is 0 Å². The molecule has 0 aliphatic rings. The third-order valence-electron chi connectivity index (χ3n) is 9.58. The van der Waals surface area contributed by atoms with E-state index in [-0.39, 0.29) is 0 Å². The largest absolute Gasteiger partial charge is 0.456 e. The van der Waals surface area contributed by atoms with Gasteiger partial charge in [-0.1, -0.05) is 115 Å². The summed E-state index contributed by atoms with van der Waals surface area (Å²) in [6.45, 7) is 0. The Hall–Kier alpha value is -6.12. The second-order valence-electron chi connectivity index (χ2n) is 12.2. The van der Waals surface area contributed by atoms with Gasteiger partial charge in [-0.25, -0.2) is 0 Å². The van der Waals surface area contributed by atoms with Gasteiger partial charge in [0.15, 0.2) is 0 Å². The van der Waals surface area contributed by atoms with E-state index in [0.29, 0.717) is 0 Å². The zero-order valence-corrected chi connectivity index (χ0v) is 24.9. The summed E-state index contributed by atoms with van der Waals surface area (Å²) >= 11 is 0. The van der Waals surface area contributed by atoms with Crippen LogP contribution in [0.3, 0.4) is 0 Å². The fourth-order valence-corrected chi connectivity index (χ4v) is 7.33. The predicted molar refractivity (Wildman–Crippen MR) is 194 cm³/mol. The molecule has 0 N–H and O–H groups in total. The minimum atomic E-state index is 0.919. The maximum Gasteiger partial charge on any atom is 0.136 e. The minimum Gasteiger partial charge on any atom is -0.456 e. The fourth-order valence-electron chi connectivity index (χ4n) is 7.33. The molecule has 214 valence electrons. The van der Waals surface area contributed by atoms with Gasteiger partial charge in [0.25, 0.3) is 0 Å². The Labute approximate surface area is 265 Å². The van der Waals surface area contributed by atoms with Gasteiger partial charge < -0.3 is 8.98 Å². The van der Waals surface area contributed by atoms with Crippen LogP contribution < -0.4 is 0 Å². The van der Waals surface area contributed by atoms with Crippen molar-refractivity contribution >= 4 is 65.3 Å². The van der Waals surface area contributed by atoms with Crippen LogP contribution in [0, 0.1) is 0 Å². The maximum absolute atomic E-state index is 6.24. The van der Waals surface area contributed by atoms with Crippen molar-refractivity contribution in [3.05, 3.63) is 164 Å². The summed E-state index contributed by atoms with van der Waals surface area (Å²) in [5.41, 5.74) is 10.2. The average molecular weight is 586 g/mol. The molecule has 0 saturated heterocycles. The van der Waals surface area contributed by atoms with Crippen molar-refractivity contribution in [2.75, 3.05) is 0 Å². The molecule has 10 aromatic rings. The molecule has 0 aliphatic carbocycles. The first-order valence-electron chi connectivity index (χ1n) is 15.8. The van der Waals surface area contributed by atoms with Crippen LogP contribution in [0.25, 0.3) is 93.2 Å². The summed E-state index contributed by atoms with van der Waals surface area (Å²) in [4.78, 5) is 0. The summed E-state index contributed by atoms with van der Waals surface area (Å²) in [5, 5.41) is 9.81. The minimum absolute atomic E-state index is 0.919. The number of nitrogens with zero attached hydrogens (tertiary/aromatic N) is 1. The summed E-state index contributed by atoms with van der Waals surface area (Å²) in [6.07, 6.45) is 0. The van der Waals surface area contributed by atoms with Crippen LogP contribution in [0.1, 0.15) is 0 Å². The summed E-state index contributed by atoms with van der Waals surface area (Å²) in [6, 6.07) is 59.1. The van der Waals surface area contributed by atoms with E-state index in [4.69, 9.17) is 4.42 Å². The van der Waals surface area contributed by atoms with Gasteiger partial charge in [-0.15, -0.1) is 0 Å². The van der Waals surface area contributed by atoms with E-state index >= 15 is 0 Å². The van der Waals surface area contributed by atoms with Crippen molar-refractivity contribution < 1.29 is 4.42 Å². The molecule has 46 heavy (non-hydrogen) atoms. The molecule has 0 radical (unpaired) electrons. The summed E-state index contributed by atoms with van der Waals surface area (Å²) in [5.74, 6) is 0. The lowest BCUT2D eigenvalue weighted by Crippen LogP contribution is -1.93. The molecule has 0 unspecified atom stereocenters. The highest BCUT2D eigenvalue weighted by atomic mass is 16.3. The molecule has 2 heteroatoms. The van der Waals surface area contributed by atoms with Crippen molar-refractivity contribution in [2.24, 2.45) is 0 Å². The zero-order valence-electron chi connectivity index (χ0n) is 24.9. The second-order valence-corrected chi connectivity index (χ2v) is 12.2. The van der Waals surface area contributed by atoms with Crippen molar-refractivity contribution in [1.29, 1.82) is 0 Å². The molecule has 0 fully saturated rings. The quantitative estimate of drug-likeness (QED) is 0.202. The lowest BCUT2D eigenvalue weighted by molar-refractivity contribution is 0.669. The van der Waals surface area contributed by atoms with Crippen LogP contribution in [0.5, 0.6) is 0 Å². The number of furan rings is 1. The lowest BCUT2D eigenvalue weighted by Gasteiger charge is -2.10. The third kappa shape index (κ3) is 3.77. The Balaban J connectivity index is 1.06. The van der Waals surface area contributed by atoms with Gasteiger partial charge in [0.1, 0.15) is 11.2 Å². The zero-order chi connectivity index (χ0) is 30.2. The molecule has 10 rings (SSSR count). The number of hydrogen-bond acceptors (Lipinski definition) is 1. The van der Waals surface area contributed by atoms with Gasteiger partial charge in [0.05, 0.1) is 11.0 Å². The third-order valence-corrected chi connectivity index (χ3v) is 9.58. The second kappa shape index (κ2) is 9.69. The van der Waals surface area contributed by atoms with Crippen molar-refractivity contribution in [3.63, 3.8) is 0 Å². The number of rotatable bonds is 3. The molecule has 0 saturated carbocycles. The molecule has 8 aromatic carbocycles. The first-order chi connectivity index (χ1) is 22.8. The highest BCUT2D eigenvalue weighted by molar-refractivity contribution is 6.19. The molecule has 2 nitrogen and oxygen atoms in total. The molecule has 0 atom stereocenters. The van der Waals surface area contributed by atoms with Crippen molar-refractivity contribution in [3.8, 4) is 27.9 Å². The molecule has 0 spiro atoms. The van der Waals surface area contributed by atoms with Crippen LogP contribution in [0.2, 0.25) is 0 Å². The van der Waals surface area contributed by atoms with E-state index < -0.39 is 0 Å². The van der Waals surface area contributed by atoms with Crippen LogP contribution in [-0.2, 0) is 0 Å². The van der Waals surface area contributed by atoms with Gasteiger partial charge in [-0.3, -0.25) is 0 Å². The number of hydrogen-bond donors (Lipinski definition) is 0. The maximum atomic E-state index is 6.24. The Morgan fingerprint density at radius 2 is 0.935 bits per heavy atom. The number of para-hydroxylation sites is 1. The molecular formula is C44H27NO. The Kier molecular flexibility index (Phi) is 5.31. The standard InChI is InChI=1S/C44H27NO/c1-2-9-32-25-35(21-17-28(32)7-1)45-40-12-6-5-11-37(40)38-26-33(18-22-41(38)45)29-13-15-30(16-14-29)34-20-23-42-39(27-34)44-36-10-4-3-8-31(36)19-24-43(44)46-42/h1-27H. The average Bonchev–Trinajstić information content (AvgIpc) is 3.67. The van der Waals surface area contributed by atoms with Gasteiger partial charge in [-0.05, 0) is 92.3 Å². The van der Waals surface area contributed by atoms with E-state index in [9.17, 15) is 0 Å². The molecule has 0 amide bonds. The van der Waals surface area contributed by atoms with Crippen LogP contribution >= 0.6 is 0 Å². The monoisotopic (exact) mass is 585 g/mol. The molecule has 0 aliphatic heterocycles. The van der Waals surface area contributed by atoms with E-state index in [2.05, 4.69) is 168 Å². The van der Waals surface area contributed by atoms with Gasteiger partial charge in [0.2, 0.25) is 0 Å². The highest BCUT2D eigenvalue weighted by Gasteiger charge is 2.15. The number of fused-ring (bicyclic) bond motifs is 9. The summed E-state index contributed by atoms with van der Waals surface area (Å²) in [7, 11) is 0. The number of benzene rings is 8. The topological polar surface area (TPSA) is 18.1 Å². The first-order valence-corrected chi connectivity index (χ1v) is 15.8. The number of aromatic nitrogens is 1. The predicted octanol–water partition coefficient (Wildman–Crippen LogP) is 12.3. The Morgan fingerprint density at radius 1 is 0.348 bits per heavy atom. The highest BCUT2D eigenvalue weighted by Crippen LogP contribution is 2.38. The SMILES string of the molecule is c1ccc2cc(-n3c4ccccc4c4cc(-c5ccc(-c6ccc7oc8ccc9ccccc9c8c7c6)cc5)ccc43)ccc2c1. The lowest BCUT2D eigenvalue weighted by atomic mass is 9.97. The normalized spacial score (nSPS) is 11.9. The van der Waals surface area contributed by atoms with Gasteiger partial charge in [-0.2, -0.15) is 0 Å². The van der Waals surface area contributed by atoms with Crippen molar-refractivity contribution in [1.82, 2.24) is 4.57 Å². The van der Waals surface area contributed by atoms with Crippen LogP contribution in [0.15, 0.2) is 168 Å². The molecule has 0 bridgehead atoms. The van der Waals surface area contributed by atoms with Gasteiger partial charge >= 0.3 is 0 Å². The molecule has 2 aromatic heterocycles. The summed E-state index contributed by atoms with van der Waals surface area (Å²) < 4.78 is 8.63. The van der Waals surface area contributed by atoms with Crippen molar-refractivity contribution in [2.45, 2.75) is 0 Å². The molecule has 2 heterocycles. The molecular weight excluding hydrogens is 558 g/mol. The smallest absolute Gasteiger partial charge is 0.136 e.